The summed E-state index contributed by atoms with van der Waals surface area (Å²) in [5.74, 6) is -0.0844. The van der Waals surface area contributed by atoms with Crippen molar-refractivity contribution in [3.63, 3.8) is 0 Å². The van der Waals surface area contributed by atoms with Gasteiger partial charge in [-0.05, 0) is 12.1 Å². The summed E-state index contributed by atoms with van der Waals surface area (Å²) in [6.07, 6.45) is 0. The van der Waals surface area contributed by atoms with Gasteiger partial charge < -0.3 is 9.47 Å². The van der Waals surface area contributed by atoms with Crippen molar-refractivity contribution in [2.45, 2.75) is 5.33 Å². The number of nitrogens with zero attached hydrogens (tertiary/aromatic N) is 1. The molecule has 84 valence electrons. The minimum atomic E-state index is -0.517. The number of hydrogen-bond donors (Lipinski definition) is 0. The van der Waals surface area contributed by atoms with E-state index in [4.69, 9.17) is 10.00 Å². The average Bonchev–Trinajstić information content (AvgIpc) is 2.35. The van der Waals surface area contributed by atoms with E-state index in [0.29, 0.717) is 16.6 Å². The van der Waals surface area contributed by atoms with Gasteiger partial charge in [0.2, 0.25) is 0 Å². The highest BCUT2D eigenvalue weighted by molar-refractivity contribution is 9.08. The topological polar surface area (TPSA) is 59.3 Å². The van der Waals surface area contributed by atoms with Gasteiger partial charge in [0.05, 0.1) is 25.9 Å². The van der Waals surface area contributed by atoms with E-state index in [1.807, 2.05) is 6.07 Å². The zero-order valence-corrected chi connectivity index (χ0v) is 10.5. The van der Waals surface area contributed by atoms with Gasteiger partial charge in [-0.1, -0.05) is 15.9 Å². The molecule has 0 atom stereocenters. The Bertz CT molecular complexity index is 451. The lowest BCUT2D eigenvalue weighted by molar-refractivity contribution is 0.0597. The largest absolute Gasteiger partial charge is 0.496 e. The van der Waals surface area contributed by atoms with Gasteiger partial charge in [0.1, 0.15) is 11.3 Å². The maximum atomic E-state index is 11.5. The highest BCUT2D eigenvalue weighted by Crippen LogP contribution is 2.28. The standard InChI is InChI=1S/C11H10BrNO3/c1-15-10-8(5-12)3-7(6-13)4-9(10)11(14)16-2/h3-4H,5H2,1-2H3. The predicted octanol–water partition coefficient (Wildman–Crippen LogP) is 2.25. The van der Waals surface area contributed by atoms with Crippen molar-refractivity contribution in [2.75, 3.05) is 14.2 Å². The number of nitriles is 1. The maximum absolute atomic E-state index is 11.5. The summed E-state index contributed by atoms with van der Waals surface area (Å²) in [6, 6.07) is 5.11. The molecule has 0 saturated heterocycles. The van der Waals surface area contributed by atoms with E-state index >= 15 is 0 Å². The molecule has 0 unspecified atom stereocenters. The summed E-state index contributed by atoms with van der Waals surface area (Å²) in [4.78, 5) is 11.5. The zero-order chi connectivity index (χ0) is 12.1. The van der Waals surface area contributed by atoms with Crippen LogP contribution >= 0.6 is 15.9 Å². The van der Waals surface area contributed by atoms with Crippen molar-refractivity contribution >= 4 is 21.9 Å². The van der Waals surface area contributed by atoms with Gasteiger partial charge in [0.15, 0.2) is 0 Å². The number of alkyl halides is 1. The number of methoxy groups -OCH3 is 2. The fraction of sp³-hybridized carbons (Fsp3) is 0.273. The molecule has 0 spiro atoms. The first kappa shape index (κ1) is 12.5. The summed E-state index contributed by atoms with van der Waals surface area (Å²) in [7, 11) is 2.76. The van der Waals surface area contributed by atoms with Crippen LogP contribution in [0, 0.1) is 11.3 Å². The van der Waals surface area contributed by atoms with E-state index in [2.05, 4.69) is 20.7 Å². The molecule has 0 N–H and O–H groups in total. The molecule has 1 aromatic rings. The summed E-state index contributed by atoms with van der Waals surface area (Å²) < 4.78 is 9.78. The van der Waals surface area contributed by atoms with Crippen molar-refractivity contribution in [2.24, 2.45) is 0 Å². The average molecular weight is 284 g/mol. The minimum Gasteiger partial charge on any atom is -0.496 e. The second-order valence-corrected chi connectivity index (χ2v) is 3.51. The van der Waals surface area contributed by atoms with Crippen molar-refractivity contribution in [3.8, 4) is 11.8 Å². The zero-order valence-electron chi connectivity index (χ0n) is 8.91. The second kappa shape index (κ2) is 5.52. The third-order valence-corrected chi connectivity index (χ3v) is 2.65. The van der Waals surface area contributed by atoms with Crippen LogP contribution in [0.4, 0.5) is 0 Å². The molecule has 0 aliphatic rings. The number of rotatable bonds is 3. The van der Waals surface area contributed by atoms with Crippen molar-refractivity contribution in [3.05, 3.63) is 28.8 Å². The molecule has 5 heteroatoms. The number of ether oxygens (including phenoxy) is 2. The van der Waals surface area contributed by atoms with E-state index < -0.39 is 5.97 Å². The smallest absolute Gasteiger partial charge is 0.341 e. The van der Waals surface area contributed by atoms with Crippen LogP contribution in [0.5, 0.6) is 5.75 Å². The predicted molar refractivity (Wildman–Crippen MR) is 61.7 cm³/mol. The van der Waals surface area contributed by atoms with Crippen LogP contribution in [-0.2, 0) is 10.1 Å². The lowest BCUT2D eigenvalue weighted by Gasteiger charge is -2.11. The van der Waals surface area contributed by atoms with Crippen LogP contribution in [0.15, 0.2) is 12.1 Å². The molecule has 4 nitrogen and oxygen atoms in total. The van der Waals surface area contributed by atoms with E-state index in [1.165, 1.54) is 20.3 Å². The first-order valence-corrected chi connectivity index (χ1v) is 5.55. The number of benzene rings is 1. The fourth-order valence-electron chi connectivity index (χ4n) is 1.36. The molecule has 1 aromatic carbocycles. The molecule has 0 aromatic heterocycles. The summed E-state index contributed by atoms with van der Waals surface area (Å²) in [5.41, 5.74) is 1.40. The van der Waals surface area contributed by atoms with Crippen LogP contribution in [-0.4, -0.2) is 20.2 Å². The summed E-state index contributed by atoms with van der Waals surface area (Å²) >= 11 is 3.28. The quantitative estimate of drug-likeness (QED) is 0.631. The number of hydrogen-bond acceptors (Lipinski definition) is 4. The number of carbonyl (C=O) groups excluding carboxylic acids is 1. The summed E-state index contributed by atoms with van der Waals surface area (Å²) in [6.45, 7) is 0. The van der Waals surface area contributed by atoms with Crippen molar-refractivity contribution in [1.82, 2.24) is 0 Å². The van der Waals surface area contributed by atoms with Gasteiger partial charge in [-0.15, -0.1) is 0 Å². The van der Waals surface area contributed by atoms with Crippen LogP contribution in [0.1, 0.15) is 21.5 Å². The molecule has 0 fully saturated rings. The Hall–Kier alpha value is -1.54. The normalized spacial score (nSPS) is 9.38. The summed E-state index contributed by atoms with van der Waals surface area (Å²) in [5, 5.41) is 9.34. The molecule has 0 aliphatic carbocycles. The van der Waals surface area contributed by atoms with Crippen molar-refractivity contribution in [1.29, 1.82) is 5.26 Å². The number of esters is 1. The Balaban J connectivity index is 3.44. The molecule has 0 saturated carbocycles. The monoisotopic (exact) mass is 283 g/mol. The van der Waals surface area contributed by atoms with Crippen LogP contribution < -0.4 is 4.74 Å². The molecule has 0 amide bonds. The molecule has 16 heavy (non-hydrogen) atoms. The molecule has 0 bridgehead atoms. The van der Waals surface area contributed by atoms with E-state index in [9.17, 15) is 4.79 Å². The highest BCUT2D eigenvalue weighted by atomic mass is 79.9. The van der Waals surface area contributed by atoms with Crippen LogP contribution in [0.25, 0.3) is 0 Å². The Labute approximate surface area is 102 Å². The van der Waals surface area contributed by atoms with Gasteiger partial charge in [-0.2, -0.15) is 5.26 Å². The van der Waals surface area contributed by atoms with E-state index in [1.54, 1.807) is 6.07 Å². The van der Waals surface area contributed by atoms with Gasteiger partial charge in [-0.3, -0.25) is 0 Å². The maximum Gasteiger partial charge on any atom is 0.341 e. The molecular formula is C11H10BrNO3. The second-order valence-electron chi connectivity index (χ2n) is 2.95. The molecule has 1 rings (SSSR count). The van der Waals surface area contributed by atoms with Gasteiger partial charge in [0.25, 0.3) is 0 Å². The van der Waals surface area contributed by atoms with Crippen LogP contribution in [0.2, 0.25) is 0 Å². The van der Waals surface area contributed by atoms with E-state index in [0.717, 1.165) is 5.56 Å². The first-order valence-electron chi connectivity index (χ1n) is 4.43. The van der Waals surface area contributed by atoms with Gasteiger partial charge in [-0.25, -0.2) is 4.79 Å². The van der Waals surface area contributed by atoms with Crippen molar-refractivity contribution < 1.29 is 14.3 Å². The highest BCUT2D eigenvalue weighted by Gasteiger charge is 2.17. The first-order chi connectivity index (χ1) is 7.67. The van der Waals surface area contributed by atoms with E-state index in [-0.39, 0.29) is 5.56 Å². The molecule has 0 aliphatic heterocycles. The minimum absolute atomic E-state index is 0.263. The Morgan fingerprint density at radius 1 is 1.50 bits per heavy atom. The van der Waals surface area contributed by atoms with Crippen LogP contribution in [0.3, 0.4) is 0 Å². The molecular weight excluding hydrogens is 274 g/mol. The van der Waals surface area contributed by atoms with Gasteiger partial charge in [0, 0.05) is 10.9 Å². The lowest BCUT2D eigenvalue weighted by atomic mass is 10.1. The Morgan fingerprint density at radius 2 is 2.19 bits per heavy atom. The van der Waals surface area contributed by atoms with Gasteiger partial charge >= 0.3 is 5.97 Å². The SMILES string of the molecule is COC(=O)c1cc(C#N)cc(CBr)c1OC. The molecule has 0 heterocycles. The number of halogens is 1. The fourth-order valence-corrected chi connectivity index (χ4v) is 1.77. The Morgan fingerprint density at radius 3 is 2.62 bits per heavy atom. The molecule has 0 radical (unpaired) electrons. The third kappa shape index (κ3) is 2.34. The number of carbonyl (C=O) groups is 1. The third-order valence-electron chi connectivity index (χ3n) is 2.05. The Kier molecular flexibility index (Phi) is 4.32. The lowest BCUT2D eigenvalue weighted by Crippen LogP contribution is -2.06.